The Hall–Kier alpha value is -2.04. The lowest BCUT2D eigenvalue weighted by Crippen LogP contribution is -2.05. The number of aromatic amines is 1. The maximum absolute atomic E-state index is 11.4. The summed E-state index contributed by atoms with van der Waals surface area (Å²) in [5, 5.41) is 2.81. The number of nitrogens with zero attached hydrogens (tertiary/aromatic N) is 1. The summed E-state index contributed by atoms with van der Waals surface area (Å²) in [7, 11) is 0. The van der Waals surface area contributed by atoms with E-state index in [1.54, 1.807) is 23.7 Å². The molecule has 2 heterocycles. The van der Waals surface area contributed by atoms with Crippen molar-refractivity contribution in [3.63, 3.8) is 0 Å². The zero-order valence-corrected chi connectivity index (χ0v) is 8.19. The van der Waals surface area contributed by atoms with Gasteiger partial charge in [-0.3, -0.25) is 14.4 Å². The van der Waals surface area contributed by atoms with E-state index in [4.69, 9.17) is 4.74 Å². The van der Waals surface area contributed by atoms with Gasteiger partial charge in [-0.25, -0.2) is 4.79 Å². The second-order valence-corrected chi connectivity index (χ2v) is 3.05. The minimum absolute atomic E-state index is 0.0931. The number of fused-ring (bicyclic) bond motifs is 1. The standard InChI is InChI=1S/C10H10N2O3/c1-2-15-10(14)9-6-7-5-8(13)3-4-12(7)11-9/h3-6,11H,2H2,1H3. The Labute approximate surface area is 85.3 Å². The second-order valence-electron chi connectivity index (χ2n) is 3.05. The molecule has 0 unspecified atom stereocenters. The van der Waals surface area contributed by atoms with Gasteiger partial charge >= 0.3 is 5.97 Å². The number of rotatable bonds is 2. The summed E-state index contributed by atoms with van der Waals surface area (Å²) in [4.78, 5) is 22.4. The lowest BCUT2D eigenvalue weighted by atomic mass is 10.3. The largest absolute Gasteiger partial charge is 0.461 e. The van der Waals surface area contributed by atoms with E-state index in [0.717, 1.165) is 0 Å². The van der Waals surface area contributed by atoms with Gasteiger partial charge in [-0.1, -0.05) is 0 Å². The summed E-state index contributed by atoms with van der Waals surface area (Å²) < 4.78 is 6.42. The number of esters is 1. The molecule has 0 spiro atoms. The second kappa shape index (κ2) is 3.61. The minimum Gasteiger partial charge on any atom is -0.461 e. The molecule has 2 aromatic heterocycles. The number of hydrogen-bond acceptors (Lipinski definition) is 3. The highest BCUT2D eigenvalue weighted by Crippen LogP contribution is 2.04. The van der Waals surface area contributed by atoms with E-state index in [2.05, 4.69) is 5.10 Å². The number of carbonyl (C=O) groups is 1. The van der Waals surface area contributed by atoms with Gasteiger partial charge in [0, 0.05) is 18.3 Å². The molecule has 0 aromatic carbocycles. The van der Waals surface area contributed by atoms with Crippen LogP contribution in [0.2, 0.25) is 0 Å². The molecule has 0 radical (unpaired) electrons. The average Bonchev–Trinajstić information content (AvgIpc) is 2.60. The number of hydrogen-bond donors (Lipinski definition) is 1. The van der Waals surface area contributed by atoms with Gasteiger partial charge in [0.2, 0.25) is 0 Å². The summed E-state index contributed by atoms with van der Waals surface area (Å²) in [6.07, 6.45) is 1.57. The van der Waals surface area contributed by atoms with Crippen molar-refractivity contribution in [1.82, 2.24) is 9.61 Å². The molecule has 0 aliphatic rings. The molecule has 0 saturated carbocycles. The highest BCUT2D eigenvalue weighted by Gasteiger charge is 2.09. The summed E-state index contributed by atoms with van der Waals surface area (Å²) in [6, 6.07) is 4.44. The van der Waals surface area contributed by atoms with Crippen molar-refractivity contribution in [3.05, 3.63) is 40.3 Å². The molecule has 0 fully saturated rings. The van der Waals surface area contributed by atoms with Gasteiger partial charge < -0.3 is 4.74 Å². The van der Waals surface area contributed by atoms with Crippen LogP contribution >= 0.6 is 0 Å². The molecule has 5 heteroatoms. The van der Waals surface area contributed by atoms with E-state index in [9.17, 15) is 9.59 Å². The van der Waals surface area contributed by atoms with E-state index in [0.29, 0.717) is 17.8 Å². The van der Waals surface area contributed by atoms with E-state index >= 15 is 0 Å². The van der Waals surface area contributed by atoms with Crippen molar-refractivity contribution < 1.29 is 9.53 Å². The maximum atomic E-state index is 11.4. The summed E-state index contributed by atoms with van der Waals surface area (Å²) >= 11 is 0. The zero-order valence-electron chi connectivity index (χ0n) is 8.19. The first kappa shape index (κ1) is 9.51. The molecule has 0 atom stereocenters. The van der Waals surface area contributed by atoms with Gasteiger partial charge in [0.1, 0.15) is 5.69 Å². The van der Waals surface area contributed by atoms with Crippen LogP contribution in [-0.2, 0) is 4.74 Å². The fraction of sp³-hybridized carbons (Fsp3) is 0.200. The predicted molar refractivity (Wildman–Crippen MR) is 54.0 cm³/mol. The SMILES string of the molecule is CCOC(=O)c1cc2cc(=O)ccn2[nH]1. The van der Waals surface area contributed by atoms with Gasteiger partial charge in [-0.15, -0.1) is 0 Å². The molecule has 2 rings (SSSR count). The van der Waals surface area contributed by atoms with Gasteiger partial charge in [-0.2, -0.15) is 0 Å². The van der Waals surface area contributed by atoms with Crippen LogP contribution in [0.15, 0.2) is 29.2 Å². The van der Waals surface area contributed by atoms with E-state index in [1.165, 1.54) is 12.1 Å². The number of H-pyrrole nitrogens is 1. The van der Waals surface area contributed by atoms with Crippen LogP contribution in [0.4, 0.5) is 0 Å². The van der Waals surface area contributed by atoms with E-state index in [1.807, 2.05) is 0 Å². The summed E-state index contributed by atoms with van der Waals surface area (Å²) in [6.45, 7) is 2.06. The zero-order chi connectivity index (χ0) is 10.8. The minimum atomic E-state index is -0.423. The van der Waals surface area contributed by atoms with Crippen LogP contribution in [0.1, 0.15) is 17.4 Å². The van der Waals surface area contributed by atoms with Gasteiger partial charge in [0.25, 0.3) is 0 Å². The first-order valence-electron chi connectivity index (χ1n) is 4.59. The van der Waals surface area contributed by atoms with Crippen molar-refractivity contribution >= 4 is 11.5 Å². The third-order valence-corrected chi connectivity index (χ3v) is 1.98. The Morgan fingerprint density at radius 2 is 2.33 bits per heavy atom. The molecular weight excluding hydrogens is 196 g/mol. The lowest BCUT2D eigenvalue weighted by molar-refractivity contribution is 0.0519. The molecular formula is C10H10N2O3. The van der Waals surface area contributed by atoms with Crippen LogP contribution in [-0.4, -0.2) is 22.2 Å². The fourth-order valence-corrected chi connectivity index (χ4v) is 1.33. The van der Waals surface area contributed by atoms with Crippen LogP contribution in [0.3, 0.4) is 0 Å². The molecule has 2 aromatic rings. The van der Waals surface area contributed by atoms with Gasteiger partial charge in [-0.05, 0) is 13.0 Å². The molecule has 0 aliphatic carbocycles. The van der Waals surface area contributed by atoms with Crippen molar-refractivity contribution in [3.8, 4) is 0 Å². The number of ether oxygens (including phenoxy) is 1. The molecule has 0 aliphatic heterocycles. The van der Waals surface area contributed by atoms with Crippen molar-refractivity contribution in [2.75, 3.05) is 6.61 Å². The fourth-order valence-electron chi connectivity index (χ4n) is 1.33. The highest BCUT2D eigenvalue weighted by molar-refractivity contribution is 5.88. The number of pyridine rings is 1. The Bertz CT molecular complexity index is 553. The highest BCUT2D eigenvalue weighted by atomic mass is 16.5. The first-order chi connectivity index (χ1) is 7.20. The monoisotopic (exact) mass is 206 g/mol. The lowest BCUT2D eigenvalue weighted by Gasteiger charge is -1.96. The molecule has 5 nitrogen and oxygen atoms in total. The Balaban J connectivity index is 2.47. The van der Waals surface area contributed by atoms with Crippen LogP contribution in [0.5, 0.6) is 0 Å². The first-order valence-corrected chi connectivity index (χ1v) is 4.59. The van der Waals surface area contributed by atoms with Crippen molar-refractivity contribution in [1.29, 1.82) is 0 Å². The van der Waals surface area contributed by atoms with Crippen LogP contribution in [0.25, 0.3) is 5.52 Å². The quantitative estimate of drug-likeness (QED) is 0.739. The maximum Gasteiger partial charge on any atom is 0.356 e. The van der Waals surface area contributed by atoms with Gasteiger partial charge in [0.15, 0.2) is 5.43 Å². The Morgan fingerprint density at radius 1 is 1.53 bits per heavy atom. The number of aromatic nitrogens is 2. The molecule has 0 saturated heterocycles. The van der Waals surface area contributed by atoms with E-state index in [-0.39, 0.29) is 5.43 Å². The third-order valence-electron chi connectivity index (χ3n) is 1.98. The average molecular weight is 206 g/mol. The number of nitrogens with one attached hydrogen (secondary N) is 1. The Morgan fingerprint density at radius 3 is 3.07 bits per heavy atom. The molecule has 0 amide bonds. The van der Waals surface area contributed by atoms with Crippen LogP contribution in [0, 0.1) is 0 Å². The molecule has 15 heavy (non-hydrogen) atoms. The number of carbonyl (C=O) groups excluding carboxylic acids is 1. The van der Waals surface area contributed by atoms with Crippen molar-refractivity contribution in [2.24, 2.45) is 0 Å². The topological polar surface area (TPSA) is 63.6 Å². The third kappa shape index (κ3) is 1.76. The summed E-state index contributed by atoms with van der Waals surface area (Å²) in [5.74, 6) is -0.423. The predicted octanol–water partition coefficient (Wildman–Crippen LogP) is 0.804. The van der Waals surface area contributed by atoms with Gasteiger partial charge in [0.05, 0.1) is 12.1 Å². The molecule has 0 bridgehead atoms. The Kier molecular flexibility index (Phi) is 2.29. The van der Waals surface area contributed by atoms with Crippen LogP contribution < -0.4 is 5.43 Å². The molecule has 78 valence electrons. The smallest absolute Gasteiger partial charge is 0.356 e. The van der Waals surface area contributed by atoms with Crippen molar-refractivity contribution in [2.45, 2.75) is 6.92 Å². The van der Waals surface area contributed by atoms with E-state index < -0.39 is 5.97 Å². The normalized spacial score (nSPS) is 10.5. The summed E-state index contributed by atoms with van der Waals surface area (Å²) in [5.41, 5.74) is 0.886. The molecule has 1 N–H and O–H groups in total.